The van der Waals surface area contributed by atoms with Crippen LogP contribution in [0.25, 0.3) is 27.9 Å². The van der Waals surface area contributed by atoms with Gasteiger partial charge in [0, 0.05) is 42.3 Å². The number of aliphatic hydroxyl groups excluding tert-OH is 1. The van der Waals surface area contributed by atoms with E-state index in [0.29, 0.717) is 28.2 Å². The fraction of sp³-hybridized carbons (Fsp3) is 0.231. The van der Waals surface area contributed by atoms with E-state index >= 15 is 0 Å². The van der Waals surface area contributed by atoms with Gasteiger partial charge in [-0.1, -0.05) is 17.7 Å². The van der Waals surface area contributed by atoms with Gasteiger partial charge in [0.05, 0.1) is 41.8 Å². The van der Waals surface area contributed by atoms with Crippen molar-refractivity contribution < 1.29 is 19.7 Å². The number of aromatic nitrogens is 3. The number of rotatable bonds is 5. The smallest absolute Gasteiger partial charge is 0.347 e. The first kappa shape index (κ1) is 23.9. The lowest BCUT2D eigenvalue weighted by Crippen LogP contribution is -2.64. The molecule has 36 heavy (non-hydrogen) atoms. The largest absolute Gasteiger partial charge is 0.507 e. The van der Waals surface area contributed by atoms with Crippen LogP contribution >= 0.6 is 11.6 Å². The van der Waals surface area contributed by atoms with Gasteiger partial charge in [-0.25, -0.2) is 13.8 Å². The summed E-state index contributed by atoms with van der Waals surface area (Å²) in [5, 5.41) is 30.9. The Bertz CT molecular complexity index is 1540. The van der Waals surface area contributed by atoms with Gasteiger partial charge in [-0.05, 0) is 42.8 Å². The van der Waals surface area contributed by atoms with Gasteiger partial charge in [-0.3, -0.25) is 9.55 Å². The molecule has 1 saturated heterocycles. The Labute approximate surface area is 211 Å². The number of hydrogen-bond donors (Lipinski definition) is 3. The molecule has 0 radical (unpaired) electrons. The van der Waals surface area contributed by atoms with Gasteiger partial charge in [-0.2, -0.15) is 0 Å². The normalized spacial score (nSPS) is 14.4. The van der Waals surface area contributed by atoms with Crippen LogP contribution in [0.4, 0.5) is 10.1 Å². The Hall–Kier alpha value is -3.84. The molecule has 0 bridgehead atoms. The van der Waals surface area contributed by atoms with Crippen molar-refractivity contribution in [3.8, 4) is 33.7 Å². The second kappa shape index (κ2) is 8.68. The van der Waals surface area contributed by atoms with Crippen molar-refractivity contribution in [1.29, 1.82) is 0 Å². The van der Waals surface area contributed by atoms with Gasteiger partial charge >= 0.3 is 5.69 Å². The van der Waals surface area contributed by atoms with Crippen molar-refractivity contribution in [2.75, 3.05) is 24.6 Å². The first-order chi connectivity index (χ1) is 17.1. The maximum Gasteiger partial charge on any atom is 0.347 e. The number of benzene rings is 2. The average molecular weight is 509 g/mol. The maximum absolute atomic E-state index is 14.7. The third-order valence-electron chi connectivity index (χ3n) is 6.36. The summed E-state index contributed by atoms with van der Waals surface area (Å²) < 4.78 is 17.2. The zero-order chi connectivity index (χ0) is 25.8. The number of hydrogen-bond acceptors (Lipinski definition) is 6. The predicted molar refractivity (Wildman–Crippen MR) is 133 cm³/mol. The standard InChI is InChI=1S/C26H22ClFN4O4/c1-15-23(31-12-26(36,13-31)14-33)8-17(11-29-15)20-10-18(28)9-19(24(20)34)16-3-4-22(21(27)7-16)32-6-5-30(2)25(32)35/h3-4,7-11,33-34,36H,12-14H2,1-2H3. The lowest BCUT2D eigenvalue weighted by molar-refractivity contribution is -0.0360. The Morgan fingerprint density at radius 2 is 1.81 bits per heavy atom. The van der Waals surface area contributed by atoms with Crippen LogP contribution in [-0.2, 0) is 7.05 Å². The number of halogens is 2. The lowest BCUT2D eigenvalue weighted by atomic mass is 9.93. The molecule has 0 saturated carbocycles. The van der Waals surface area contributed by atoms with Crippen LogP contribution in [-0.4, -0.2) is 54.7 Å². The predicted octanol–water partition coefficient (Wildman–Crippen LogP) is 2.86. The van der Waals surface area contributed by atoms with Crippen molar-refractivity contribution >= 4 is 17.3 Å². The molecule has 10 heteroatoms. The molecule has 0 unspecified atom stereocenters. The van der Waals surface area contributed by atoms with E-state index in [9.17, 15) is 24.5 Å². The minimum Gasteiger partial charge on any atom is -0.507 e. The fourth-order valence-corrected chi connectivity index (χ4v) is 4.62. The van der Waals surface area contributed by atoms with E-state index in [2.05, 4.69) is 17.4 Å². The van der Waals surface area contributed by atoms with Crippen molar-refractivity contribution in [1.82, 2.24) is 14.1 Å². The molecule has 2 aromatic carbocycles. The summed E-state index contributed by atoms with van der Waals surface area (Å²) in [6.07, 6.45) is 6.87. The monoisotopic (exact) mass is 508 g/mol. The number of nitrogens with zero attached hydrogens (tertiary/aromatic N) is 4. The highest BCUT2D eigenvalue weighted by Crippen LogP contribution is 2.41. The van der Waals surface area contributed by atoms with E-state index in [1.807, 2.05) is 11.8 Å². The number of β-amino-alcohol motifs (C(OH)–C–C–N with tert-alkyl or cyclic N) is 1. The summed E-state index contributed by atoms with van der Waals surface area (Å²) in [4.78, 5) is 18.5. The molecule has 2 aromatic heterocycles. The fourth-order valence-electron chi connectivity index (χ4n) is 4.35. The van der Waals surface area contributed by atoms with Crippen LogP contribution in [0, 0.1) is 25.1 Å². The maximum atomic E-state index is 14.7. The summed E-state index contributed by atoms with van der Waals surface area (Å²) in [6, 6.07) is 8.95. The van der Waals surface area contributed by atoms with E-state index in [4.69, 9.17) is 11.6 Å². The topological polar surface area (TPSA) is 104 Å². The number of phenols is 1. The highest BCUT2D eigenvalue weighted by atomic mass is 35.5. The SMILES string of the molecule is Cc1ncc(-c2cc(F)cc(-c3ccc(-n4c#cn(C)c4=O)c(Cl)c3)c2O)cc1N1CC(O)(CO)C1. The van der Waals surface area contributed by atoms with Gasteiger partial charge in [0.1, 0.15) is 17.2 Å². The van der Waals surface area contributed by atoms with Crippen molar-refractivity contribution in [3.05, 3.63) is 82.0 Å². The first-order valence-corrected chi connectivity index (χ1v) is 11.4. The van der Waals surface area contributed by atoms with E-state index < -0.39 is 11.4 Å². The summed E-state index contributed by atoms with van der Waals surface area (Å²) in [7, 11) is 1.55. The molecule has 1 aliphatic rings. The van der Waals surface area contributed by atoms with Gasteiger partial charge in [0.25, 0.3) is 0 Å². The molecule has 0 amide bonds. The Balaban J connectivity index is 1.54. The minimum atomic E-state index is -1.16. The molecule has 8 nitrogen and oxygen atoms in total. The molecule has 4 aromatic rings. The molecule has 3 heterocycles. The molecular weight excluding hydrogens is 487 g/mol. The third kappa shape index (κ3) is 3.99. The van der Waals surface area contributed by atoms with Gasteiger partial charge in [0.2, 0.25) is 0 Å². The van der Waals surface area contributed by atoms with Gasteiger partial charge < -0.3 is 20.2 Å². The van der Waals surface area contributed by atoms with E-state index in [0.717, 1.165) is 0 Å². The van der Waals surface area contributed by atoms with Gasteiger partial charge in [-0.15, -0.1) is 0 Å². The number of pyridine rings is 1. The molecular formula is C26H22ClFN4O4. The Morgan fingerprint density at radius 3 is 2.42 bits per heavy atom. The molecule has 0 aliphatic carbocycles. The Morgan fingerprint density at radius 1 is 1.11 bits per heavy atom. The van der Waals surface area contributed by atoms with Crippen molar-refractivity contribution in [2.45, 2.75) is 12.5 Å². The van der Waals surface area contributed by atoms with E-state index in [-0.39, 0.29) is 47.3 Å². The number of aromatic hydroxyl groups is 1. The van der Waals surface area contributed by atoms with Crippen LogP contribution in [0.5, 0.6) is 5.75 Å². The summed E-state index contributed by atoms with van der Waals surface area (Å²) in [5.74, 6) is -0.731. The molecule has 1 fully saturated rings. The average Bonchev–Trinajstić information content (AvgIpc) is 3.16. The molecule has 3 N–H and O–H groups in total. The number of aryl methyl sites for hydroxylation is 1. The van der Waals surface area contributed by atoms with E-state index in [1.54, 1.807) is 31.4 Å². The zero-order valence-corrected chi connectivity index (χ0v) is 20.2. The van der Waals surface area contributed by atoms with Gasteiger partial charge in [0.15, 0.2) is 0 Å². The van der Waals surface area contributed by atoms with Crippen LogP contribution in [0.1, 0.15) is 5.69 Å². The third-order valence-corrected chi connectivity index (χ3v) is 6.66. The first-order valence-electron chi connectivity index (χ1n) is 11.1. The second-order valence-electron chi connectivity index (χ2n) is 8.98. The summed E-state index contributed by atoms with van der Waals surface area (Å²) >= 11 is 6.44. The molecule has 0 atom stereocenters. The number of anilines is 1. The summed E-state index contributed by atoms with van der Waals surface area (Å²) in [5.41, 5.74) is 1.64. The lowest BCUT2D eigenvalue weighted by Gasteiger charge is -2.47. The quantitative estimate of drug-likeness (QED) is 0.383. The highest BCUT2D eigenvalue weighted by Gasteiger charge is 2.41. The van der Waals surface area contributed by atoms with Crippen LogP contribution in [0.3, 0.4) is 0 Å². The van der Waals surface area contributed by atoms with Crippen LogP contribution < -0.4 is 10.6 Å². The molecule has 5 rings (SSSR count). The number of phenolic OH excluding ortho intramolecular Hbond substituents is 1. The highest BCUT2D eigenvalue weighted by molar-refractivity contribution is 6.32. The molecule has 1 aliphatic heterocycles. The molecule has 184 valence electrons. The van der Waals surface area contributed by atoms with Crippen molar-refractivity contribution in [2.24, 2.45) is 7.05 Å². The minimum absolute atomic E-state index is 0.163. The van der Waals surface area contributed by atoms with Crippen LogP contribution in [0.2, 0.25) is 5.02 Å². The van der Waals surface area contributed by atoms with Crippen LogP contribution in [0.15, 0.2) is 47.4 Å². The Kier molecular flexibility index (Phi) is 5.75. The number of aliphatic hydroxyl groups is 2. The summed E-state index contributed by atoms with van der Waals surface area (Å²) in [6.45, 7) is 1.93. The second-order valence-corrected chi connectivity index (χ2v) is 9.39. The van der Waals surface area contributed by atoms with E-state index in [1.165, 1.54) is 27.3 Å². The zero-order valence-electron chi connectivity index (χ0n) is 19.5. The molecule has 0 spiro atoms. The van der Waals surface area contributed by atoms with Crippen molar-refractivity contribution in [3.63, 3.8) is 0 Å².